The first kappa shape index (κ1) is 22.8. The number of oxime groups is 2. The molecule has 0 radical (unpaired) electrons. The molecule has 13 heteroatoms. The topological polar surface area (TPSA) is 111 Å². The summed E-state index contributed by atoms with van der Waals surface area (Å²) in [5.41, 5.74) is 6.42. The Morgan fingerprint density at radius 1 is 1.34 bits per heavy atom. The van der Waals surface area contributed by atoms with Gasteiger partial charge in [-0.3, -0.25) is 4.79 Å². The van der Waals surface area contributed by atoms with Gasteiger partial charge >= 0.3 is 0 Å². The van der Waals surface area contributed by atoms with E-state index in [0.717, 1.165) is 11.5 Å². The minimum atomic E-state index is -2.70. The van der Waals surface area contributed by atoms with Crippen molar-refractivity contribution >= 4 is 52.2 Å². The average molecular weight is 466 g/mol. The number of nitrogens with one attached hydrogen (secondary N) is 1. The summed E-state index contributed by atoms with van der Waals surface area (Å²) in [6.45, 7) is -0.925. The van der Waals surface area contributed by atoms with Crippen LogP contribution in [0.15, 0.2) is 34.6 Å². The third-order valence-corrected chi connectivity index (χ3v) is 5.12. The molecule has 3 N–H and O–H groups in total. The quantitative estimate of drug-likeness (QED) is 0.335. The predicted octanol–water partition coefficient (Wildman–Crippen LogP) is 3.02. The molecule has 29 heavy (non-hydrogen) atoms. The Kier molecular flexibility index (Phi) is 8.55. The number of amides is 1. The molecular formula is C16H15Cl2F2N5O3S. The Hall–Kier alpha value is -2.50. The van der Waals surface area contributed by atoms with Crippen molar-refractivity contribution in [1.82, 2.24) is 9.69 Å². The minimum absolute atomic E-state index is 0.0302. The standard InChI is InChI=1S/C16H15Cl2F2N5O3S/c1-27-23-12(16(26)22-6-10(19)20)9-5-3-2-4-8(9)7-28-24-15(21)13-11(17)14(18)25-29-13/h2-5,10H,6-7H2,1H3,(H2,21,24)(H,22,26)/b23-12+. The van der Waals surface area contributed by atoms with Crippen LogP contribution in [0.3, 0.4) is 0 Å². The van der Waals surface area contributed by atoms with Crippen molar-refractivity contribution in [3.05, 3.63) is 50.4 Å². The van der Waals surface area contributed by atoms with E-state index in [1.54, 1.807) is 24.3 Å². The maximum absolute atomic E-state index is 12.4. The van der Waals surface area contributed by atoms with E-state index in [-0.39, 0.29) is 28.3 Å². The van der Waals surface area contributed by atoms with Gasteiger partial charge in [-0.25, -0.2) is 8.78 Å². The average Bonchev–Trinajstić information content (AvgIpc) is 3.03. The van der Waals surface area contributed by atoms with Crippen molar-refractivity contribution < 1.29 is 23.3 Å². The highest BCUT2D eigenvalue weighted by Crippen LogP contribution is 2.28. The van der Waals surface area contributed by atoms with Crippen molar-refractivity contribution in [3.8, 4) is 0 Å². The fourth-order valence-electron chi connectivity index (χ4n) is 2.07. The summed E-state index contributed by atoms with van der Waals surface area (Å²) in [5.74, 6) is -0.856. The molecule has 0 aliphatic rings. The second kappa shape index (κ2) is 10.9. The van der Waals surface area contributed by atoms with E-state index >= 15 is 0 Å². The molecule has 0 bridgehead atoms. The van der Waals surface area contributed by atoms with E-state index in [4.69, 9.17) is 33.8 Å². The number of aromatic nitrogens is 1. The lowest BCUT2D eigenvalue weighted by atomic mass is 10.0. The van der Waals surface area contributed by atoms with Crippen LogP contribution < -0.4 is 11.1 Å². The zero-order valence-corrected chi connectivity index (χ0v) is 17.2. The van der Waals surface area contributed by atoms with Crippen LogP contribution in [-0.2, 0) is 21.1 Å². The van der Waals surface area contributed by atoms with Crippen LogP contribution in [0.4, 0.5) is 8.78 Å². The molecule has 0 aliphatic heterocycles. The van der Waals surface area contributed by atoms with Crippen LogP contribution in [-0.4, -0.2) is 41.9 Å². The number of alkyl halides is 2. The summed E-state index contributed by atoms with van der Waals surface area (Å²) in [5, 5.41) is 9.75. The molecule has 0 saturated carbocycles. The van der Waals surface area contributed by atoms with E-state index in [0.29, 0.717) is 16.0 Å². The van der Waals surface area contributed by atoms with Crippen LogP contribution in [0.5, 0.6) is 0 Å². The number of carbonyl (C=O) groups excluding carboxylic acids is 1. The Morgan fingerprint density at radius 3 is 2.69 bits per heavy atom. The molecule has 1 aromatic heterocycles. The third-order valence-electron chi connectivity index (χ3n) is 3.30. The second-order valence-electron chi connectivity index (χ2n) is 5.25. The number of amidine groups is 1. The number of hydrogen-bond donors (Lipinski definition) is 2. The first-order chi connectivity index (χ1) is 13.8. The van der Waals surface area contributed by atoms with E-state index in [9.17, 15) is 13.6 Å². The van der Waals surface area contributed by atoms with E-state index in [1.807, 2.05) is 0 Å². The van der Waals surface area contributed by atoms with Crippen molar-refractivity contribution in [2.45, 2.75) is 13.0 Å². The van der Waals surface area contributed by atoms with Gasteiger partial charge in [0.25, 0.3) is 12.3 Å². The lowest BCUT2D eigenvalue weighted by molar-refractivity contribution is -0.115. The Bertz CT molecular complexity index is 924. The lowest BCUT2D eigenvalue weighted by Gasteiger charge is -2.11. The molecule has 0 saturated heterocycles. The minimum Gasteiger partial charge on any atom is -0.398 e. The van der Waals surface area contributed by atoms with Crippen LogP contribution in [0.25, 0.3) is 0 Å². The summed E-state index contributed by atoms with van der Waals surface area (Å²) in [6.07, 6.45) is -2.70. The molecule has 0 fully saturated rings. The first-order valence-corrected chi connectivity index (χ1v) is 9.40. The van der Waals surface area contributed by atoms with Crippen LogP contribution >= 0.6 is 34.7 Å². The second-order valence-corrected chi connectivity index (χ2v) is 6.76. The summed E-state index contributed by atoms with van der Waals surface area (Å²) in [7, 11) is 1.23. The Balaban J connectivity index is 2.18. The van der Waals surface area contributed by atoms with E-state index < -0.39 is 18.9 Å². The number of carbonyl (C=O) groups is 1. The predicted molar refractivity (Wildman–Crippen MR) is 107 cm³/mol. The Morgan fingerprint density at radius 2 is 2.07 bits per heavy atom. The van der Waals surface area contributed by atoms with Gasteiger partial charge in [0.05, 0.1) is 6.54 Å². The molecule has 0 atom stereocenters. The van der Waals surface area contributed by atoms with Gasteiger partial charge in [-0.05, 0) is 11.5 Å². The van der Waals surface area contributed by atoms with Gasteiger partial charge in [0.15, 0.2) is 16.7 Å². The molecule has 2 aromatic rings. The normalized spacial score (nSPS) is 12.2. The molecule has 1 heterocycles. The van der Waals surface area contributed by atoms with Crippen molar-refractivity contribution in [1.29, 1.82) is 0 Å². The Labute approximate surface area is 178 Å². The largest absolute Gasteiger partial charge is 0.398 e. The number of halogens is 4. The van der Waals surface area contributed by atoms with Crippen LogP contribution in [0, 0.1) is 0 Å². The van der Waals surface area contributed by atoms with Gasteiger partial charge < -0.3 is 20.7 Å². The summed E-state index contributed by atoms with van der Waals surface area (Å²) < 4.78 is 28.6. The number of nitrogens with zero attached hydrogens (tertiary/aromatic N) is 3. The molecule has 156 valence electrons. The highest BCUT2D eigenvalue weighted by atomic mass is 35.5. The zero-order valence-electron chi connectivity index (χ0n) is 14.9. The SMILES string of the molecule is CO/N=C(/C(=O)NCC(F)F)c1ccccc1CO/N=C(\N)c1snc(Cl)c1Cl. The van der Waals surface area contributed by atoms with Gasteiger partial charge in [-0.2, -0.15) is 4.37 Å². The third kappa shape index (κ3) is 6.24. The van der Waals surface area contributed by atoms with Gasteiger partial charge in [-0.15, -0.1) is 0 Å². The maximum Gasteiger partial charge on any atom is 0.274 e. The highest BCUT2D eigenvalue weighted by Gasteiger charge is 2.20. The van der Waals surface area contributed by atoms with Gasteiger partial charge in [0.2, 0.25) is 0 Å². The lowest BCUT2D eigenvalue weighted by Crippen LogP contribution is -2.35. The highest BCUT2D eigenvalue weighted by molar-refractivity contribution is 7.09. The molecule has 1 aromatic carbocycles. The summed E-state index contributed by atoms with van der Waals surface area (Å²) in [6, 6.07) is 6.53. The van der Waals surface area contributed by atoms with Gasteiger partial charge in [0.1, 0.15) is 23.6 Å². The van der Waals surface area contributed by atoms with Crippen molar-refractivity contribution in [3.63, 3.8) is 0 Å². The van der Waals surface area contributed by atoms with E-state index in [1.165, 1.54) is 7.11 Å². The van der Waals surface area contributed by atoms with Crippen molar-refractivity contribution in [2.75, 3.05) is 13.7 Å². The van der Waals surface area contributed by atoms with Crippen molar-refractivity contribution in [2.24, 2.45) is 16.0 Å². The summed E-state index contributed by atoms with van der Waals surface area (Å²) in [4.78, 5) is 22.5. The first-order valence-electron chi connectivity index (χ1n) is 7.87. The van der Waals surface area contributed by atoms with Gasteiger partial charge in [-0.1, -0.05) is 57.8 Å². The monoisotopic (exact) mass is 465 g/mol. The van der Waals surface area contributed by atoms with Crippen LogP contribution in [0.2, 0.25) is 10.2 Å². The molecule has 1 amide bonds. The number of nitrogens with two attached hydrogens (primary N) is 1. The molecule has 0 aliphatic carbocycles. The molecule has 0 spiro atoms. The summed E-state index contributed by atoms with van der Waals surface area (Å²) >= 11 is 12.7. The zero-order chi connectivity index (χ0) is 21.4. The van der Waals surface area contributed by atoms with Gasteiger partial charge in [0, 0.05) is 11.1 Å². The van der Waals surface area contributed by atoms with E-state index in [2.05, 4.69) is 24.8 Å². The fourth-order valence-corrected chi connectivity index (χ4v) is 3.18. The smallest absolute Gasteiger partial charge is 0.274 e. The number of rotatable bonds is 9. The maximum atomic E-state index is 12.4. The molecular weight excluding hydrogens is 451 g/mol. The van der Waals surface area contributed by atoms with Crippen LogP contribution in [0.1, 0.15) is 16.0 Å². The number of hydrogen-bond acceptors (Lipinski definition) is 7. The molecule has 0 unspecified atom stereocenters. The molecule has 8 nitrogen and oxygen atoms in total. The fraction of sp³-hybridized carbons (Fsp3) is 0.250. The molecule has 2 rings (SSSR count). The number of benzene rings is 1.